The number of hydrogen-bond donors (Lipinski definition) is 1. The van der Waals surface area contributed by atoms with Crippen LogP contribution in [0.25, 0.3) is 10.9 Å². The van der Waals surface area contributed by atoms with Gasteiger partial charge in [0.15, 0.2) is 0 Å². The monoisotopic (exact) mass is 349 g/mol. The summed E-state index contributed by atoms with van der Waals surface area (Å²) in [5.41, 5.74) is 2.12. The van der Waals surface area contributed by atoms with Crippen LogP contribution in [-0.4, -0.2) is 28.6 Å². The van der Waals surface area contributed by atoms with Gasteiger partial charge in [-0.3, -0.25) is 14.6 Å². The van der Waals surface area contributed by atoms with E-state index in [1.807, 2.05) is 22.8 Å². The van der Waals surface area contributed by atoms with E-state index in [0.29, 0.717) is 30.7 Å². The SMILES string of the molecule is O=C(NCCCOc1cccnc1)c1cn2c3c(cccc3c1=O)CC2. The Morgan fingerprint density at radius 1 is 1.27 bits per heavy atom. The standard InChI is InChI=1S/C20H19N3O3/c24-19-16-6-1-4-14-7-10-23(18(14)16)13-17(19)20(25)22-9-3-11-26-15-5-2-8-21-12-15/h1-2,4-6,8,12-13H,3,7,9-11H2,(H,22,25). The first kappa shape index (κ1) is 16.3. The van der Waals surface area contributed by atoms with Gasteiger partial charge in [0.25, 0.3) is 5.91 Å². The highest BCUT2D eigenvalue weighted by Gasteiger charge is 2.20. The zero-order valence-corrected chi connectivity index (χ0v) is 14.3. The minimum absolute atomic E-state index is 0.199. The molecule has 0 radical (unpaired) electrons. The molecule has 0 atom stereocenters. The lowest BCUT2D eigenvalue weighted by Crippen LogP contribution is -2.31. The van der Waals surface area contributed by atoms with Crippen LogP contribution in [0.1, 0.15) is 22.3 Å². The van der Waals surface area contributed by atoms with E-state index in [9.17, 15) is 9.59 Å². The lowest BCUT2D eigenvalue weighted by Gasteiger charge is -2.10. The van der Waals surface area contributed by atoms with E-state index in [4.69, 9.17) is 4.74 Å². The predicted molar refractivity (Wildman–Crippen MR) is 98.6 cm³/mol. The minimum Gasteiger partial charge on any atom is -0.492 e. The molecule has 1 N–H and O–H groups in total. The summed E-state index contributed by atoms with van der Waals surface area (Å²) in [6.07, 6.45) is 6.55. The number of nitrogens with one attached hydrogen (secondary N) is 1. The second-order valence-corrected chi connectivity index (χ2v) is 6.28. The highest BCUT2D eigenvalue weighted by molar-refractivity contribution is 5.98. The number of aryl methyl sites for hydroxylation is 2. The highest BCUT2D eigenvalue weighted by atomic mass is 16.5. The van der Waals surface area contributed by atoms with Gasteiger partial charge in [-0.2, -0.15) is 0 Å². The van der Waals surface area contributed by atoms with Crippen LogP contribution in [0.4, 0.5) is 0 Å². The average molecular weight is 349 g/mol. The lowest BCUT2D eigenvalue weighted by molar-refractivity contribution is 0.0950. The first-order valence-corrected chi connectivity index (χ1v) is 8.70. The molecule has 1 aromatic carbocycles. The second-order valence-electron chi connectivity index (χ2n) is 6.28. The number of para-hydroxylation sites is 1. The number of hydrogen-bond acceptors (Lipinski definition) is 4. The zero-order valence-electron chi connectivity index (χ0n) is 14.3. The van der Waals surface area contributed by atoms with Gasteiger partial charge in [0, 0.05) is 30.9 Å². The Morgan fingerprint density at radius 2 is 2.19 bits per heavy atom. The lowest BCUT2D eigenvalue weighted by atomic mass is 10.1. The van der Waals surface area contributed by atoms with Crippen molar-refractivity contribution in [2.24, 2.45) is 0 Å². The molecule has 2 aromatic heterocycles. The van der Waals surface area contributed by atoms with E-state index in [0.717, 1.165) is 18.5 Å². The fourth-order valence-electron chi connectivity index (χ4n) is 3.31. The van der Waals surface area contributed by atoms with Gasteiger partial charge in [0.05, 0.1) is 18.3 Å². The maximum Gasteiger partial charge on any atom is 0.256 e. The third-order valence-corrected chi connectivity index (χ3v) is 4.56. The Morgan fingerprint density at radius 3 is 3.04 bits per heavy atom. The van der Waals surface area contributed by atoms with Crippen molar-refractivity contribution in [3.8, 4) is 5.75 Å². The number of rotatable bonds is 6. The fourth-order valence-corrected chi connectivity index (χ4v) is 3.31. The molecule has 0 spiro atoms. The van der Waals surface area contributed by atoms with E-state index >= 15 is 0 Å². The Labute approximate surface area is 150 Å². The number of pyridine rings is 2. The Balaban J connectivity index is 1.40. The molecule has 6 heteroatoms. The van der Waals surface area contributed by atoms with Gasteiger partial charge < -0.3 is 14.6 Å². The number of carbonyl (C=O) groups excluding carboxylic acids is 1. The number of ether oxygens (including phenoxy) is 1. The van der Waals surface area contributed by atoms with Gasteiger partial charge in [0.2, 0.25) is 5.43 Å². The van der Waals surface area contributed by atoms with Crippen molar-refractivity contribution in [3.63, 3.8) is 0 Å². The summed E-state index contributed by atoms with van der Waals surface area (Å²) >= 11 is 0. The summed E-state index contributed by atoms with van der Waals surface area (Å²) in [4.78, 5) is 29.1. The van der Waals surface area contributed by atoms with Crippen molar-refractivity contribution < 1.29 is 9.53 Å². The van der Waals surface area contributed by atoms with Crippen molar-refractivity contribution in [2.45, 2.75) is 19.4 Å². The molecule has 26 heavy (non-hydrogen) atoms. The van der Waals surface area contributed by atoms with Crippen molar-refractivity contribution in [2.75, 3.05) is 13.2 Å². The Kier molecular flexibility index (Phi) is 4.39. The summed E-state index contributed by atoms with van der Waals surface area (Å²) in [6.45, 7) is 1.71. The van der Waals surface area contributed by atoms with E-state index in [-0.39, 0.29) is 16.9 Å². The van der Waals surface area contributed by atoms with Crippen LogP contribution in [0.3, 0.4) is 0 Å². The molecule has 132 valence electrons. The normalized spacial score (nSPS) is 12.3. The van der Waals surface area contributed by atoms with Gasteiger partial charge in [0.1, 0.15) is 11.3 Å². The largest absolute Gasteiger partial charge is 0.492 e. The van der Waals surface area contributed by atoms with E-state index in [1.165, 1.54) is 5.56 Å². The van der Waals surface area contributed by atoms with Crippen LogP contribution >= 0.6 is 0 Å². The molecular weight excluding hydrogens is 330 g/mol. The van der Waals surface area contributed by atoms with Crippen LogP contribution in [0.2, 0.25) is 0 Å². The minimum atomic E-state index is -0.334. The summed E-state index contributed by atoms with van der Waals surface area (Å²) in [7, 11) is 0. The summed E-state index contributed by atoms with van der Waals surface area (Å²) in [5, 5.41) is 3.43. The molecule has 0 aliphatic carbocycles. The fraction of sp³-hybridized carbons (Fsp3) is 0.250. The predicted octanol–water partition coefficient (Wildman–Crippen LogP) is 2.15. The first-order chi connectivity index (χ1) is 12.7. The molecule has 0 unspecified atom stereocenters. The van der Waals surface area contributed by atoms with Crippen molar-refractivity contribution >= 4 is 16.8 Å². The zero-order chi connectivity index (χ0) is 17.9. The molecule has 0 saturated heterocycles. The molecule has 1 aliphatic rings. The number of benzene rings is 1. The van der Waals surface area contributed by atoms with Crippen molar-refractivity contribution in [1.29, 1.82) is 0 Å². The van der Waals surface area contributed by atoms with Gasteiger partial charge >= 0.3 is 0 Å². The van der Waals surface area contributed by atoms with Gasteiger partial charge in [-0.1, -0.05) is 12.1 Å². The number of carbonyl (C=O) groups is 1. The second kappa shape index (κ2) is 7.00. The topological polar surface area (TPSA) is 73.2 Å². The van der Waals surface area contributed by atoms with Crippen LogP contribution in [-0.2, 0) is 13.0 Å². The number of aromatic nitrogens is 2. The Bertz CT molecular complexity index is 1010. The van der Waals surface area contributed by atoms with Crippen molar-refractivity contribution in [1.82, 2.24) is 14.9 Å². The molecule has 1 amide bonds. The van der Waals surface area contributed by atoms with Crippen LogP contribution < -0.4 is 15.5 Å². The molecule has 0 bridgehead atoms. The smallest absolute Gasteiger partial charge is 0.256 e. The Hall–Kier alpha value is -3.15. The summed E-state index contributed by atoms with van der Waals surface area (Å²) < 4.78 is 7.55. The summed E-state index contributed by atoms with van der Waals surface area (Å²) in [6, 6.07) is 9.35. The molecule has 0 fully saturated rings. The highest BCUT2D eigenvalue weighted by Crippen LogP contribution is 2.23. The van der Waals surface area contributed by atoms with Gasteiger partial charge in [-0.05, 0) is 36.6 Å². The molecule has 0 saturated carbocycles. The number of amides is 1. The van der Waals surface area contributed by atoms with E-state index in [2.05, 4.69) is 10.3 Å². The van der Waals surface area contributed by atoms with Crippen molar-refractivity contribution in [3.05, 3.63) is 70.3 Å². The molecule has 4 rings (SSSR count). The first-order valence-electron chi connectivity index (χ1n) is 8.70. The molecule has 6 nitrogen and oxygen atoms in total. The number of nitrogens with zero attached hydrogens (tertiary/aromatic N) is 2. The van der Waals surface area contributed by atoms with Gasteiger partial charge in [-0.25, -0.2) is 0 Å². The average Bonchev–Trinajstić information content (AvgIpc) is 3.09. The van der Waals surface area contributed by atoms with E-state index in [1.54, 1.807) is 30.7 Å². The van der Waals surface area contributed by atoms with Crippen LogP contribution in [0, 0.1) is 0 Å². The third-order valence-electron chi connectivity index (χ3n) is 4.56. The molecule has 3 aromatic rings. The molecule has 1 aliphatic heterocycles. The van der Waals surface area contributed by atoms with E-state index < -0.39 is 0 Å². The maximum absolute atomic E-state index is 12.7. The molecule has 3 heterocycles. The van der Waals surface area contributed by atoms with Crippen LogP contribution in [0.15, 0.2) is 53.7 Å². The van der Waals surface area contributed by atoms with Gasteiger partial charge in [-0.15, -0.1) is 0 Å². The maximum atomic E-state index is 12.7. The summed E-state index contributed by atoms with van der Waals surface area (Å²) in [5.74, 6) is 0.366. The quantitative estimate of drug-likeness (QED) is 0.692. The third kappa shape index (κ3) is 3.06. The molecular formula is C20H19N3O3. The van der Waals surface area contributed by atoms with Crippen LogP contribution in [0.5, 0.6) is 5.75 Å².